The second-order valence-electron chi connectivity index (χ2n) is 4.03. The molecule has 1 atom stereocenters. The molecule has 20 heavy (non-hydrogen) atoms. The van der Waals surface area contributed by atoms with Crippen LogP contribution in [0.1, 0.15) is 6.92 Å². The number of benzene rings is 1. The monoisotopic (exact) mass is 304 g/mol. The maximum absolute atomic E-state index is 12.2. The zero-order valence-electron chi connectivity index (χ0n) is 11.0. The van der Waals surface area contributed by atoms with Crippen molar-refractivity contribution in [2.24, 2.45) is 5.84 Å². The minimum absolute atomic E-state index is 0.0859. The topological polar surface area (TPSA) is 137 Å². The van der Waals surface area contributed by atoms with Crippen LogP contribution in [0.25, 0.3) is 0 Å². The van der Waals surface area contributed by atoms with Crippen molar-refractivity contribution in [1.82, 2.24) is 4.72 Å². The van der Waals surface area contributed by atoms with Crippen LogP contribution in [0.3, 0.4) is 0 Å². The smallest absolute Gasteiger partial charge is 0.313 e. The molecule has 0 aliphatic heterocycles. The van der Waals surface area contributed by atoms with Crippen LogP contribution < -0.4 is 16.0 Å². The Bertz CT molecular complexity index is 589. The van der Waals surface area contributed by atoms with E-state index in [1.807, 2.05) is 0 Å². The Morgan fingerprint density at radius 2 is 2.15 bits per heavy atom. The van der Waals surface area contributed by atoms with Crippen LogP contribution in [0.15, 0.2) is 23.1 Å². The van der Waals surface area contributed by atoms with Gasteiger partial charge in [0.25, 0.3) is 0 Å². The molecule has 0 spiro atoms. The number of anilines is 1. The summed E-state index contributed by atoms with van der Waals surface area (Å²) in [5.41, 5.74) is 1.42. The predicted molar refractivity (Wildman–Crippen MR) is 72.6 cm³/mol. The summed E-state index contributed by atoms with van der Waals surface area (Å²) in [4.78, 5) is 9.79. The van der Waals surface area contributed by atoms with Crippen molar-refractivity contribution in [2.75, 3.05) is 19.1 Å². The molecule has 0 saturated carbocycles. The average molecular weight is 304 g/mol. The van der Waals surface area contributed by atoms with Crippen LogP contribution in [0.5, 0.6) is 0 Å². The Kier molecular flexibility index (Phi) is 5.39. The van der Waals surface area contributed by atoms with E-state index in [-0.39, 0.29) is 12.3 Å². The van der Waals surface area contributed by atoms with Crippen LogP contribution in [0, 0.1) is 10.1 Å². The number of methoxy groups -OCH3 is 1. The minimum Gasteiger partial charge on any atom is -0.383 e. The summed E-state index contributed by atoms with van der Waals surface area (Å²) in [5.74, 6) is 5.16. The van der Waals surface area contributed by atoms with Crippen LogP contribution in [-0.2, 0) is 14.8 Å². The van der Waals surface area contributed by atoms with Gasteiger partial charge in [-0.05, 0) is 19.1 Å². The molecule has 0 amide bonds. The molecule has 0 aromatic heterocycles. The van der Waals surface area contributed by atoms with Crippen molar-refractivity contribution in [1.29, 1.82) is 0 Å². The number of nitrogens with one attached hydrogen (secondary N) is 2. The molecule has 10 heteroatoms. The van der Waals surface area contributed by atoms with Gasteiger partial charge < -0.3 is 10.2 Å². The normalized spacial score (nSPS) is 12.9. The quantitative estimate of drug-likeness (QED) is 0.371. The van der Waals surface area contributed by atoms with Crippen LogP contribution in [0.4, 0.5) is 11.4 Å². The molecule has 0 heterocycles. The van der Waals surface area contributed by atoms with E-state index in [1.54, 1.807) is 6.92 Å². The number of hydrazine groups is 1. The number of nitro groups is 1. The number of hydrogen-bond acceptors (Lipinski definition) is 7. The van der Waals surface area contributed by atoms with Gasteiger partial charge in [0.1, 0.15) is 5.69 Å². The Hall–Kier alpha value is -1.75. The zero-order chi connectivity index (χ0) is 15.3. The van der Waals surface area contributed by atoms with E-state index in [0.717, 1.165) is 6.07 Å². The number of nitrogens with two attached hydrogens (primary N) is 1. The first-order chi connectivity index (χ1) is 9.33. The Morgan fingerprint density at radius 3 is 2.65 bits per heavy atom. The van der Waals surface area contributed by atoms with Gasteiger partial charge in [0.2, 0.25) is 10.0 Å². The molecular weight excluding hydrogens is 288 g/mol. The number of nitro benzene ring substituents is 1. The number of hydrogen-bond donors (Lipinski definition) is 3. The molecule has 0 saturated heterocycles. The van der Waals surface area contributed by atoms with Gasteiger partial charge >= 0.3 is 5.69 Å². The van der Waals surface area contributed by atoms with Gasteiger partial charge in [0.15, 0.2) is 4.90 Å². The first-order valence-corrected chi connectivity index (χ1v) is 7.07. The summed E-state index contributed by atoms with van der Waals surface area (Å²) in [6.45, 7) is 1.72. The van der Waals surface area contributed by atoms with Crippen LogP contribution in [-0.4, -0.2) is 33.1 Å². The highest BCUT2D eigenvalue weighted by Gasteiger charge is 2.29. The fourth-order valence-corrected chi connectivity index (χ4v) is 3.08. The van der Waals surface area contributed by atoms with Gasteiger partial charge in [-0.25, -0.2) is 13.1 Å². The van der Waals surface area contributed by atoms with Gasteiger partial charge in [-0.1, -0.05) is 6.07 Å². The Balaban J connectivity index is 3.28. The highest BCUT2D eigenvalue weighted by molar-refractivity contribution is 7.89. The molecule has 1 unspecified atom stereocenters. The fourth-order valence-electron chi connectivity index (χ4n) is 1.66. The lowest BCUT2D eigenvalue weighted by Crippen LogP contribution is -2.36. The van der Waals surface area contributed by atoms with Crippen molar-refractivity contribution in [3.05, 3.63) is 28.3 Å². The van der Waals surface area contributed by atoms with Crippen molar-refractivity contribution < 1.29 is 18.1 Å². The second-order valence-corrected chi connectivity index (χ2v) is 5.71. The molecule has 0 radical (unpaired) electrons. The van der Waals surface area contributed by atoms with Gasteiger partial charge in [0, 0.05) is 13.2 Å². The van der Waals surface area contributed by atoms with E-state index in [9.17, 15) is 18.5 Å². The number of rotatable bonds is 7. The van der Waals surface area contributed by atoms with Gasteiger partial charge in [-0.2, -0.15) is 0 Å². The maximum atomic E-state index is 12.2. The number of nitrogen functional groups attached to an aromatic ring is 1. The summed E-state index contributed by atoms with van der Waals surface area (Å²) >= 11 is 0. The van der Waals surface area contributed by atoms with Crippen LogP contribution in [0.2, 0.25) is 0 Å². The zero-order valence-corrected chi connectivity index (χ0v) is 11.8. The van der Waals surface area contributed by atoms with Gasteiger partial charge in [-0.15, -0.1) is 0 Å². The molecule has 112 valence electrons. The first-order valence-electron chi connectivity index (χ1n) is 5.58. The van der Waals surface area contributed by atoms with E-state index < -0.39 is 31.6 Å². The van der Waals surface area contributed by atoms with Crippen molar-refractivity contribution in [3.8, 4) is 0 Å². The SMILES string of the molecule is COCC(C)NS(=O)(=O)c1cccc(NN)c1[N+](=O)[O-]. The highest BCUT2D eigenvalue weighted by atomic mass is 32.2. The molecular formula is C10H16N4O5S. The summed E-state index contributed by atoms with van der Waals surface area (Å²) < 4.78 is 31.5. The van der Waals surface area contributed by atoms with Gasteiger partial charge in [0.05, 0.1) is 11.5 Å². The standard InChI is InChI=1S/C10H16N4O5S/c1-7(6-19-2)13-20(17,18)9-5-3-4-8(12-11)10(9)14(15)16/h3-5,7,12-13H,6,11H2,1-2H3. The lowest BCUT2D eigenvalue weighted by atomic mass is 10.3. The van der Waals surface area contributed by atoms with Crippen molar-refractivity contribution >= 4 is 21.4 Å². The third-order valence-electron chi connectivity index (χ3n) is 2.40. The molecule has 1 rings (SSSR count). The van der Waals surface area contributed by atoms with E-state index in [2.05, 4.69) is 10.1 Å². The molecule has 9 nitrogen and oxygen atoms in total. The lowest BCUT2D eigenvalue weighted by molar-refractivity contribution is -0.386. The molecule has 0 fully saturated rings. The summed E-state index contributed by atoms with van der Waals surface area (Å²) in [7, 11) is -2.63. The number of sulfonamides is 1. The van der Waals surface area contributed by atoms with E-state index in [4.69, 9.17) is 10.6 Å². The molecule has 1 aromatic carbocycles. The Morgan fingerprint density at radius 1 is 1.50 bits per heavy atom. The molecule has 0 bridgehead atoms. The Labute approximate surface area is 116 Å². The summed E-state index contributed by atoms with van der Waals surface area (Å²) in [6.07, 6.45) is 0. The second kappa shape index (κ2) is 6.61. The van der Waals surface area contributed by atoms with E-state index in [0.29, 0.717) is 0 Å². The van der Waals surface area contributed by atoms with Crippen molar-refractivity contribution in [2.45, 2.75) is 17.9 Å². The number of nitrogens with zero attached hydrogens (tertiary/aromatic N) is 1. The number of ether oxygens (including phenoxy) is 1. The number of para-hydroxylation sites is 1. The third kappa shape index (κ3) is 3.63. The summed E-state index contributed by atoms with van der Waals surface area (Å²) in [5, 5.41) is 11.1. The molecule has 1 aromatic rings. The largest absolute Gasteiger partial charge is 0.383 e. The molecule has 0 aliphatic carbocycles. The molecule has 4 N–H and O–H groups in total. The first kappa shape index (κ1) is 16.3. The summed E-state index contributed by atoms with van der Waals surface area (Å²) in [6, 6.07) is 3.29. The highest BCUT2D eigenvalue weighted by Crippen LogP contribution is 2.31. The lowest BCUT2D eigenvalue weighted by Gasteiger charge is -2.14. The van der Waals surface area contributed by atoms with Crippen molar-refractivity contribution in [3.63, 3.8) is 0 Å². The van der Waals surface area contributed by atoms with Gasteiger partial charge in [-0.3, -0.25) is 16.0 Å². The predicted octanol–water partition coefficient (Wildman–Crippen LogP) is 0.194. The van der Waals surface area contributed by atoms with Crippen LogP contribution >= 0.6 is 0 Å². The molecule has 0 aliphatic rings. The van der Waals surface area contributed by atoms with E-state index in [1.165, 1.54) is 19.2 Å². The average Bonchev–Trinajstić information content (AvgIpc) is 2.37. The fraction of sp³-hybridized carbons (Fsp3) is 0.400. The third-order valence-corrected chi connectivity index (χ3v) is 4.02. The van der Waals surface area contributed by atoms with E-state index >= 15 is 0 Å². The minimum atomic E-state index is -4.06. The maximum Gasteiger partial charge on any atom is 0.313 e.